The fraction of sp³-hybridized carbons (Fsp3) is 0.400. The Hall–Kier alpha value is -1.69. The molecule has 0 bridgehead atoms. The molecule has 1 fully saturated rings. The van der Waals surface area contributed by atoms with Gasteiger partial charge in [-0.25, -0.2) is 8.42 Å². The molecule has 134 valence electrons. The van der Waals surface area contributed by atoms with Crippen molar-refractivity contribution in [3.05, 3.63) is 64.2 Å². The van der Waals surface area contributed by atoms with Gasteiger partial charge in [-0.05, 0) is 56.0 Å². The zero-order valence-electron chi connectivity index (χ0n) is 15.2. The Labute approximate surface area is 150 Å². The summed E-state index contributed by atoms with van der Waals surface area (Å²) in [6.45, 7) is 8.97. The Morgan fingerprint density at radius 1 is 0.960 bits per heavy atom. The van der Waals surface area contributed by atoms with E-state index < -0.39 is 10.0 Å². The van der Waals surface area contributed by atoms with Crippen molar-refractivity contribution >= 4 is 10.0 Å². The van der Waals surface area contributed by atoms with Crippen LogP contribution in [0.3, 0.4) is 0 Å². The van der Waals surface area contributed by atoms with E-state index in [2.05, 4.69) is 0 Å². The van der Waals surface area contributed by atoms with Gasteiger partial charge in [0.05, 0.1) is 17.6 Å². The molecule has 1 aliphatic rings. The number of hydrogen-bond donors (Lipinski definition) is 0. The highest BCUT2D eigenvalue weighted by atomic mass is 32.2. The second kappa shape index (κ2) is 6.90. The van der Waals surface area contributed by atoms with Crippen LogP contribution in [-0.2, 0) is 14.8 Å². The Kier molecular flexibility index (Phi) is 5.00. The van der Waals surface area contributed by atoms with Gasteiger partial charge in [0, 0.05) is 13.1 Å². The van der Waals surface area contributed by atoms with Gasteiger partial charge in [0.2, 0.25) is 10.0 Å². The standard InChI is InChI=1S/C20H25NO3S/c1-14-5-7-18(8-6-14)19-13-21(9-10-24-19)25(22,23)20-12-16(3)15(2)11-17(20)4/h5-8,11-12,19H,9-10,13H2,1-4H3. The fourth-order valence-electron chi connectivity index (χ4n) is 3.18. The molecule has 1 saturated heterocycles. The number of rotatable bonds is 3. The molecule has 3 rings (SSSR count). The quantitative estimate of drug-likeness (QED) is 0.840. The number of morpholine rings is 1. The molecule has 0 N–H and O–H groups in total. The Morgan fingerprint density at radius 2 is 1.60 bits per heavy atom. The van der Waals surface area contributed by atoms with E-state index in [1.807, 2.05) is 58.0 Å². The van der Waals surface area contributed by atoms with E-state index >= 15 is 0 Å². The molecule has 5 heteroatoms. The smallest absolute Gasteiger partial charge is 0.243 e. The molecule has 1 unspecified atom stereocenters. The zero-order chi connectivity index (χ0) is 18.2. The van der Waals surface area contributed by atoms with Crippen molar-refractivity contribution in [3.63, 3.8) is 0 Å². The molecule has 1 aliphatic heterocycles. The number of benzene rings is 2. The lowest BCUT2D eigenvalue weighted by Gasteiger charge is -2.33. The molecule has 0 radical (unpaired) electrons. The van der Waals surface area contributed by atoms with Gasteiger partial charge in [0.25, 0.3) is 0 Å². The zero-order valence-corrected chi connectivity index (χ0v) is 16.1. The Balaban J connectivity index is 1.90. The third-order valence-corrected chi connectivity index (χ3v) is 6.89. The minimum absolute atomic E-state index is 0.226. The van der Waals surface area contributed by atoms with E-state index in [9.17, 15) is 8.42 Å². The van der Waals surface area contributed by atoms with Crippen LogP contribution in [0.25, 0.3) is 0 Å². The van der Waals surface area contributed by atoms with E-state index in [4.69, 9.17) is 4.74 Å². The predicted molar refractivity (Wildman–Crippen MR) is 99.3 cm³/mol. The second-order valence-corrected chi connectivity index (χ2v) is 8.74. The monoisotopic (exact) mass is 359 g/mol. The third-order valence-electron chi connectivity index (χ3n) is 4.89. The average Bonchev–Trinajstić information content (AvgIpc) is 2.59. The van der Waals surface area contributed by atoms with Crippen LogP contribution in [0.1, 0.15) is 33.9 Å². The molecule has 4 nitrogen and oxygen atoms in total. The molecule has 0 amide bonds. The molecule has 1 heterocycles. The van der Waals surface area contributed by atoms with Gasteiger partial charge in [-0.1, -0.05) is 35.9 Å². The maximum Gasteiger partial charge on any atom is 0.243 e. The van der Waals surface area contributed by atoms with Crippen LogP contribution in [-0.4, -0.2) is 32.4 Å². The molecule has 2 aromatic carbocycles. The van der Waals surface area contributed by atoms with Crippen molar-refractivity contribution < 1.29 is 13.2 Å². The van der Waals surface area contributed by atoms with E-state index in [1.54, 1.807) is 10.4 Å². The molecule has 2 aromatic rings. The second-order valence-electron chi connectivity index (χ2n) is 6.84. The lowest BCUT2D eigenvalue weighted by molar-refractivity contribution is -0.00257. The number of sulfonamides is 1. The van der Waals surface area contributed by atoms with E-state index in [1.165, 1.54) is 5.56 Å². The first-order valence-electron chi connectivity index (χ1n) is 8.55. The van der Waals surface area contributed by atoms with Crippen molar-refractivity contribution in [1.29, 1.82) is 0 Å². The highest BCUT2D eigenvalue weighted by Crippen LogP contribution is 2.29. The Bertz CT molecular complexity index is 873. The molecule has 0 aromatic heterocycles. The summed E-state index contributed by atoms with van der Waals surface area (Å²) in [5.41, 5.74) is 5.09. The predicted octanol–water partition coefficient (Wildman–Crippen LogP) is 3.68. The number of ether oxygens (including phenoxy) is 1. The van der Waals surface area contributed by atoms with Crippen LogP contribution >= 0.6 is 0 Å². The summed E-state index contributed by atoms with van der Waals surface area (Å²) in [5.74, 6) is 0. The molecule has 25 heavy (non-hydrogen) atoms. The normalized spacial score (nSPS) is 19.1. The average molecular weight is 359 g/mol. The largest absolute Gasteiger partial charge is 0.371 e. The molecular formula is C20H25NO3S. The summed E-state index contributed by atoms with van der Waals surface area (Å²) in [6, 6.07) is 11.8. The van der Waals surface area contributed by atoms with Gasteiger partial charge in [-0.2, -0.15) is 4.31 Å². The SMILES string of the molecule is Cc1ccc(C2CN(S(=O)(=O)c3cc(C)c(C)cc3C)CCO2)cc1. The van der Waals surface area contributed by atoms with Crippen molar-refractivity contribution in [2.45, 2.75) is 38.7 Å². The van der Waals surface area contributed by atoms with Crippen LogP contribution in [0.5, 0.6) is 0 Å². The minimum Gasteiger partial charge on any atom is -0.371 e. The number of nitrogens with zero attached hydrogens (tertiary/aromatic N) is 1. The number of aryl methyl sites for hydroxylation is 4. The summed E-state index contributed by atoms with van der Waals surface area (Å²) in [5, 5.41) is 0. The summed E-state index contributed by atoms with van der Waals surface area (Å²) in [7, 11) is -3.53. The summed E-state index contributed by atoms with van der Waals surface area (Å²) < 4.78 is 33.7. The van der Waals surface area contributed by atoms with Crippen LogP contribution < -0.4 is 0 Å². The van der Waals surface area contributed by atoms with Crippen molar-refractivity contribution in [3.8, 4) is 0 Å². The molecule has 1 atom stereocenters. The van der Waals surface area contributed by atoms with Crippen molar-refractivity contribution in [1.82, 2.24) is 4.31 Å². The maximum absolute atomic E-state index is 13.2. The van der Waals surface area contributed by atoms with Gasteiger partial charge in [-0.15, -0.1) is 0 Å². The molecule has 0 aliphatic carbocycles. The lowest BCUT2D eigenvalue weighted by Crippen LogP contribution is -2.42. The molecule has 0 saturated carbocycles. The first kappa shape index (κ1) is 18.1. The molecule has 0 spiro atoms. The summed E-state index contributed by atoms with van der Waals surface area (Å²) in [4.78, 5) is 0.403. The van der Waals surface area contributed by atoms with Crippen LogP contribution in [0.15, 0.2) is 41.3 Å². The van der Waals surface area contributed by atoms with Gasteiger partial charge >= 0.3 is 0 Å². The maximum atomic E-state index is 13.2. The summed E-state index contributed by atoms with van der Waals surface area (Å²) >= 11 is 0. The van der Waals surface area contributed by atoms with Crippen molar-refractivity contribution in [2.24, 2.45) is 0 Å². The first-order chi connectivity index (χ1) is 11.8. The van der Waals surface area contributed by atoms with Crippen molar-refractivity contribution in [2.75, 3.05) is 19.7 Å². The molecular weight excluding hydrogens is 334 g/mol. The van der Waals surface area contributed by atoms with E-state index in [-0.39, 0.29) is 6.10 Å². The topological polar surface area (TPSA) is 46.6 Å². The Morgan fingerprint density at radius 3 is 2.28 bits per heavy atom. The van der Waals surface area contributed by atoms with Gasteiger partial charge < -0.3 is 4.74 Å². The highest BCUT2D eigenvalue weighted by molar-refractivity contribution is 7.89. The van der Waals surface area contributed by atoms with Gasteiger partial charge in [0.15, 0.2) is 0 Å². The number of hydrogen-bond acceptors (Lipinski definition) is 3. The van der Waals surface area contributed by atoms with E-state index in [0.717, 1.165) is 22.3 Å². The van der Waals surface area contributed by atoms with Crippen LogP contribution in [0, 0.1) is 27.7 Å². The van der Waals surface area contributed by atoms with Crippen LogP contribution in [0.4, 0.5) is 0 Å². The van der Waals surface area contributed by atoms with Crippen LogP contribution in [0.2, 0.25) is 0 Å². The third kappa shape index (κ3) is 3.64. The minimum atomic E-state index is -3.53. The van der Waals surface area contributed by atoms with Gasteiger partial charge in [-0.3, -0.25) is 0 Å². The first-order valence-corrected chi connectivity index (χ1v) is 9.99. The highest BCUT2D eigenvalue weighted by Gasteiger charge is 2.32. The van der Waals surface area contributed by atoms with Gasteiger partial charge in [0.1, 0.15) is 0 Å². The summed E-state index contributed by atoms with van der Waals surface area (Å²) in [6.07, 6.45) is -0.226. The lowest BCUT2D eigenvalue weighted by atomic mass is 10.1. The fourth-order valence-corrected chi connectivity index (χ4v) is 4.89. The van der Waals surface area contributed by atoms with E-state index in [0.29, 0.717) is 24.6 Å².